The topological polar surface area (TPSA) is 77.8 Å². The normalized spacial score (nSPS) is 18.7. The van der Waals surface area contributed by atoms with Gasteiger partial charge >= 0.3 is 6.03 Å². The molecule has 156 valence electrons. The molecule has 2 aliphatic rings. The predicted molar refractivity (Wildman–Crippen MR) is 114 cm³/mol. The minimum absolute atomic E-state index is 0.244. The molecule has 2 aliphatic heterocycles. The summed E-state index contributed by atoms with van der Waals surface area (Å²) in [5, 5.41) is 6.26. The van der Waals surface area contributed by atoms with E-state index in [9.17, 15) is 9.18 Å². The van der Waals surface area contributed by atoms with Crippen molar-refractivity contribution in [2.45, 2.75) is 26.3 Å². The van der Waals surface area contributed by atoms with E-state index in [-0.39, 0.29) is 11.7 Å². The smallest absolute Gasteiger partial charge is 0.327 e. The van der Waals surface area contributed by atoms with E-state index in [2.05, 4.69) is 32.4 Å². The Bertz CT molecular complexity index is 1130. The molecule has 0 bridgehead atoms. The largest absolute Gasteiger partial charge is 0.368 e. The van der Waals surface area contributed by atoms with E-state index in [1.807, 2.05) is 6.07 Å². The number of amides is 2. The predicted octanol–water partition coefficient (Wildman–Crippen LogP) is 2.57. The summed E-state index contributed by atoms with van der Waals surface area (Å²) in [5.41, 5.74) is 3.57. The number of urea groups is 1. The maximum atomic E-state index is 14.3. The van der Waals surface area contributed by atoms with E-state index >= 15 is 0 Å². The number of aromatic nitrogens is 3. The van der Waals surface area contributed by atoms with Crippen LogP contribution in [0.15, 0.2) is 30.7 Å². The van der Waals surface area contributed by atoms with Gasteiger partial charge in [0.1, 0.15) is 5.82 Å². The van der Waals surface area contributed by atoms with Gasteiger partial charge in [-0.25, -0.2) is 19.2 Å². The number of fused-ring (bicyclic) bond motifs is 2. The Hall–Kier alpha value is -3.20. The van der Waals surface area contributed by atoms with Crippen LogP contribution in [-0.4, -0.2) is 52.6 Å². The molecule has 0 radical (unpaired) electrons. The quantitative estimate of drug-likeness (QED) is 0.680. The molecule has 2 N–H and O–H groups in total. The van der Waals surface area contributed by atoms with E-state index in [0.29, 0.717) is 29.8 Å². The molecule has 3 aromatic heterocycles. The van der Waals surface area contributed by atoms with Crippen LogP contribution in [0.1, 0.15) is 18.2 Å². The lowest BCUT2D eigenvalue weighted by molar-refractivity contribution is 0.257. The molecule has 5 heterocycles. The molecule has 0 saturated carbocycles. The second-order valence-electron chi connectivity index (χ2n) is 7.96. The molecule has 30 heavy (non-hydrogen) atoms. The van der Waals surface area contributed by atoms with Crippen LogP contribution in [0.3, 0.4) is 0 Å². The molecule has 0 unspecified atom stereocenters. The summed E-state index contributed by atoms with van der Waals surface area (Å²) in [5.74, 6) is 0.201. The molecule has 5 rings (SSSR count). The highest BCUT2D eigenvalue weighted by Crippen LogP contribution is 2.34. The average Bonchev–Trinajstić information content (AvgIpc) is 3.31. The van der Waals surface area contributed by atoms with Gasteiger partial charge in [0.05, 0.1) is 11.4 Å². The molecule has 1 fully saturated rings. The van der Waals surface area contributed by atoms with Crippen LogP contribution in [0, 0.1) is 12.7 Å². The van der Waals surface area contributed by atoms with Gasteiger partial charge in [-0.2, -0.15) is 0 Å². The third kappa shape index (κ3) is 3.24. The van der Waals surface area contributed by atoms with Crippen LogP contribution < -0.4 is 20.4 Å². The average molecular weight is 409 g/mol. The van der Waals surface area contributed by atoms with Crippen molar-refractivity contribution in [3.63, 3.8) is 0 Å². The Kier molecular flexibility index (Phi) is 4.54. The molecular formula is C21H24FN7O. The summed E-state index contributed by atoms with van der Waals surface area (Å²) in [6.07, 6.45) is 5.89. The van der Waals surface area contributed by atoms with Crippen LogP contribution in [0.2, 0.25) is 0 Å². The monoisotopic (exact) mass is 409 g/mol. The number of imidazole rings is 1. The zero-order chi connectivity index (χ0) is 20.8. The van der Waals surface area contributed by atoms with Crippen molar-refractivity contribution >= 4 is 28.9 Å². The van der Waals surface area contributed by atoms with E-state index in [4.69, 9.17) is 0 Å². The van der Waals surface area contributed by atoms with Crippen molar-refractivity contribution in [3.8, 4) is 0 Å². The SMILES string of the molecule is Cc1cn2cc(NC(=O)N3CCc4c(N5CCN[C@H](C)C5)ccnc43)cc(F)c2n1. The van der Waals surface area contributed by atoms with Crippen molar-refractivity contribution < 1.29 is 9.18 Å². The fourth-order valence-corrected chi connectivity index (χ4v) is 4.36. The van der Waals surface area contributed by atoms with Gasteiger partial charge < -0.3 is 19.9 Å². The number of carbonyl (C=O) groups is 1. The standard InChI is InChI=1S/C21H24FN7O/c1-13-10-27(8-6-23-13)18-3-5-24-19-16(18)4-7-29(19)21(30)26-15-9-17(22)20-25-14(2)11-28(20)12-15/h3,5,9,11-13,23H,4,6-8,10H2,1-2H3,(H,26,30)/t13-/m1/s1. The third-order valence-electron chi connectivity index (χ3n) is 5.68. The molecule has 9 heteroatoms. The van der Waals surface area contributed by atoms with Crippen molar-refractivity contribution in [3.05, 3.63) is 47.8 Å². The number of piperazine rings is 1. The maximum Gasteiger partial charge on any atom is 0.327 e. The summed E-state index contributed by atoms with van der Waals surface area (Å²) in [7, 11) is 0. The van der Waals surface area contributed by atoms with Gasteiger partial charge in [-0.1, -0.05) is 0 Å². The number of anilines is 3. The highest BCUT2D eigenvalue weighted by molar-refractivity contribution is 6.03. The third-order valence-corrected chi connectivity index (χ3v) is 5.68. The van der Waals surface area contributed by atoms with E-state index < -0.39 is 5.82 Å². The number of carbonyl (C=O) groups excluding carboxylic acids is 1. The van der Waals surface area contributed by atoms with Crippen LogP contribution in [0.4, 0.5) is 26.4 Å². The molecular weight excluding hydrogens is 385 g/mol. The summed E-state index contributed by atoms with van der Waals surface area (Å²) in [6.45, 7) is 7.30. The number of rotatable bonds is 2. The lowest BCUT2D eigenvalue weighted by atomic mass is 10.1. The number of pyridine rings is 2. The Labute approximate surface area is 173 Å². The molecule has 0 aliphatic carbocycles. The Morgan fingerprint density at radius 3 is 3.03 bits per heavy atom. The van der Waals surface area contributed by atoms with E-state index in [1.165, 1.54) is 6.07 Å². The first-order chi connectivity index (χ1) is 14.5. The summed E-state index contributed by atoms with van der Waals surface area (Å²) in [4.78, 5) is 25.6. The van der Waals surface area contributed by atoms with Gasteiger partial charge in [0, 0.05) is 68.1 Å². The molecule has 8 nitrogen and oxygen atoms in total. The molecule has 3 aromatic rings. The van der Waals surface area contributed by atoms with E-state index in [1.54, 1.807) is 34.8 Å². The van der Waals surface area contributed by atoms with Gasteiger partial charge in [0.25, 0.3) is 0 Å². The Morgan fingerprint density at radius 2 is 2.20 bits per heavy atom. The van der Waals surface area contributed by atoms with Gasteiger partial charge in [0.2, 0.25) is 0 Å². The lowest BCUT2D eigenvalue weighted by Gasteiger charge is -2.34. The molecule has 2 amide bonds. The molecule has 1 saturated heterocycles. The second kappa shape index (κ2) is 7.24. The number of nitrogens with zero attached hydrogens (tertiary/aromatic N) is 5. The number of hydrogen-bond donors (Lipinski definition) is 2. The van der Waals surface area contributed by atoms with Crippen molar-refractivity contribution in [1.82, 2.24) is 19.7 Å². The van der Waals surface area contributed by atoms with Gasteiger partial charge in [-0.05, 0) is 26.3 Å². The van der Waals surface area contributed by atoms with Crippen LogP contribution in [-0.2, 0) is 6.42 Å². The second-order valence-corrected chi connectivity index (χ2v) is 7.96. The minimum Gasteiger partial charge on any atom is -0.368 e. The first kappa shape index (κ1) is 18.8. The van der Waals surface area contributed by atoms with Gasteiger partial charge in [-0.15, -0.1) is 0 Å². The number of halogens is 1. The van der Waals surface area contributed by atoms with E-state index in [0.717, 1.165) is 37.3 Å². The van der Waals surface area contributed by atoms with Crippen LogP contribution in [0.5, 0.6) is 0 Å². The lowest BCUT2D eigenvalue weighted by Crippen LogP contribution is -2.49. The van der Waals surface area contributed by atoms with Crippen molar-refractivity contribution in [1.29, 1.82) is 0 Å². The molecule has 1 atom stereocenters. The van der Waals surface area contributed by atoms with Gasteiger partial charge in [0.15, 0.2) is 11.5 Å². The zero-order valence-electron chi connectivity index (χ0n) is 17.0. The highest BCUT2D eigenvalue weighted by Gasteiger charge is 2.30. The van der Waals surface area contributed by atoms with Crippen molar-refractivity contribution in [2.75, 3.05) is 41.3 Å². The van der Waals surface area contributed by atoms with Gasteiger partial charge in [-0.3, -0.25) is 4.90 Å². The summed E-state index contributed by atoms with van der Waals surface area (Å²) < 4.78 is 15.9. The van der Waals surface area contributed by atoms with Crippen LogP contribution >= 0.6 is 0 Å². The fraction of sp³-hybridized carbons (Fsp3) is 0.381. The highest BCUT2D eigenvalue weighted by atomic mass is 19.1. The first-order valence-electron chi connectivity index (χ1n) is 10.2. The number of nitrogens with one attached hydrogen (secondary N) is 2. The molecule has 0 aromatic carbocycles. The summed E-state index contributed by atoms with van der Waals surface area (Å²) >= 11 is 0. The number of aryl methyl sites for hydroxylation is 1. The molecule has 0 spiro atoms. The number of hydrogen-bond acceptors (Lipinski definition) is 5. The Morgan fingerprint density at radius 1 is 1.33 bits per heavy atom. The Balaban J connectivity index is 1.39. The fourth-order valence-electron chi connectivity index (χ4n) is 4.36. The zero-order valence-corrected chi connectivity index (χ0v) is 17.0. The van der Waals surface area contributed by atoms with Crippen molar-refractivity contribution in [2.24, 2.45) is 0 Å². The first-order valence-corrected chi connectivity index (χ1v) is 10.2. The van der Waals surface area contributed by atoms with Crippen LogP contribution in [0.25, 0.3) is 5.65 Å². The minimum atomic E-state index is -0.476. The maximum absolute atomic E-state index is 14.3. The summed E-state index contributed by atoms with van der Waals surface area (Å²) in [6, 6.07) is 3.42.